The number of amides is 1. The number of pyridine rings is 1. The molecule has 0 unspecified atom stereocenters. The van der Waals surface area contributed by atoms with E-state index in [1.54, 1.807) is 24.7 Å². The monoisotopic (exact) mass is 379 g/mol. The summed E-state index contributed by atoms with van der Waals surface area (Å²) in [4.78, 5) is 21.7. The molecule has 0 aromatic carbocycles. The van der Waals surface area contributed by atoms with Gasteiger partial charge in [0.2, 0.25) is 0 Å². The molecule has 1 amide bonds. The number of rotatable bonds is 7. The Bertz CT molecular complexity index is 839. The van der Waals surface area contributed by atoms with Crippen molar-refractivity contribution in [3.05, 3.63) is 78.4 Å². The lowest BCUT2D eigenvalue weighted by molar-refractivity contribution is 0.0501. The van der Waals surface area contributed by atoms with Crippen LogP contribution in [0.15, 0.2) is 70.0 Å². The van der Waals surface area contributed by atoms with Gasteiger partial charge < -0.3 is 18.6 Å². The van der Waals surface area contributed by atoms with E-state index in [-0.39, 0.29) is 11.9 Å². The van der Waals surface area contributed by atoms with Gasteiger partial charge in [-0.2, -0.15) is 0 Å². The number of hydrogen-bond donors (Lipinski definition) is 0. The van der Waals surface area contributed by atoms with Gasteiger partial charge in [-0.05, 0) is 49.2 Å². The van der Waals surface area contributed by atoms with Crippen molar-refractivity contribution in [2.45, 2.75) is 31.8 Å². The van der Waals surface area contributed by atoms with Crippen molar-refractivity contribution in [3.8, 4) is 0 Å². The summed E-state index contributed by atoms with van der Waals surface area (Å²) in [5.74, 6) is 1.09. The summed E-state index contributed by atoms with van der Waals surface area (Å²) in [6, 6.07) is 13.4. The highest BCUT2D eigenvalue weighted by Crippen LogP contribution is 2.22. The van der Waals surface area contributed by atoms with Crippen molar-refractivity contribution < 1.29 is 13.6 Å². The second kappa shape index (κ2) is 8.89. The highest BCUT2D eigenvalue weighted by molar-refractivity contribution is 5.91. The average molecular weight is 379 g/mol. The standard InChI is InChI=1S/C22H25N3O3/c26-22(21-7-4-16-28-21)25(17-20-6-3-15-27-20)19-9-13-24(14-10-19)12-8-18-5-1-2-11-23-18/h1-7,11,15-16,19H,8-10,12-14,17H2. The molecule has 1 aliphatic heterocycles. The summed E-state index contributed by atoms with van der Waals surface area (Å²) >= 11 is 0. The van der Waals surface area contributed by atoms with Gasteiger partial charge in [0, 0.05) is 44.0 Å². The third-order valence-electron chi connectivity index (χ3n) is 5.31. The second-order valence-electron chi connectivity index (χ2n) is 7.13. The Morgan fingerprint density at radius 2 is 1.89 bits per heavy atom. The predicted molar refractivity (Wildman–Crippen MR) is 105 cm³/mol. The number of furan rings is 2. The van der Waals surface area contributed by atoms with E-state index < -0.39 is 0 Å². The molecule has 28 heavy (non-hydrogen) atoms. The summed E-state index contributed by atoms with van der Waals surface area (Å²) < 4.78 is 10.8. The molecule has 3 aromatic heterocycles. The van der Waals surface area contributed by atoms with E-state index in [1.807, 2.05) is 35.4 Å². The van der Waals surface area contributed by atoms with E-state index in [0.717, 1.165) is 50.4 Å². The molecule has 3 aromatic rings. The van der Waals surface area contributed by atoms with Crippen molar-refractivity contribution in [2.75, 3.05) is 19.6 Å². The number of carbonyl (C=O) groups is 1. The quantitative estimate of drug-likeness (QED) is 0.627. The first-order chi connectivity index (χ1) is 13.8. The van der Waals surface area contributed by atoms with Crippen molar-refractivity contribution in [1.82, 2.24) is 14.8 Å². The Labute approximate surface area is 164 Å². The lowest BCUT2D eigenvalue weighted by Gasteiger charge is -2.38. The molecule has 1 saturated heterocycles. The summed E-state index contributed by atoms with van der Waals surface area (Å²) in [5, 5.41) is 0. The molecule has 0 spiro atoms. The van der Waals surface area contributed by atoms with Crippen LogP contribution in [0.25, 0.3) is 0 Å². The van der Waals surface area contributed by atoms with Crippen molar-refractivity contribution in [3.63, 3.8) is 0 Å². The fourth-order valence-corrected chi connectivity index (χ4v) is 3.75. The Morgan fingerprint density at radius 3 is 2.57 bits per heavy atom. The zero-order valence-corrected chi connectivity index (χ0v) is 15.9. The molecule has 0 radical (unpaired) electrons. The molecule has 4 rings (SSSR count). The maximum absolute atomic E-state index is 13.0. The molecular weight excluding hydrogens is 354 g/mol. The summed E-state index contributed by atoms with van der Waals surface area (Å²) in [5.41, 5.74) is 1.12. The van der Waals surface area contributed by atoms with Gasteiger partial charge in [-0.3, -0.25) is 9.78 Å². The largest absolute Gasteiger partial charge is 0.467 e. The Hall–Kier alpha value is -2.86. The highest BCUT2D eigenvalue weighted by Gasteiger charge is 2.30. The number of aromatic nitrogens is 1. The Balaban J connectivity index is 1.37. The normalized spacial score (nSPS) is 15.6. The van der Waals surface area contributed by atoms with E-state index in [4.69, 9.17) is 8.83 Å². The van der Waals surface area contributed by atoms with Gasteiger partial charge in [0.1, 0.15) is 5.76 Å². The van der Waals surface area contributed by atoms with E-state index in [1.165, 1.54) is 0 Å². The SMILES string of the molecule is O=C(c1ccco1)N(Cc1ccco1)C1CCN(CCc2ccccn2)CC1. The Morgan fingerprint density at radius 1 is 1.07 bits per heavy atom. The highest BCUT2D eigenvalue weighted by atomic mass is 16.3. The minimum atomic E-state index is -0.0756. The maximum atomic E-state index is 13.0. The van der Waals surface area contributed by atoms with Crippen LogP contribution in [0.2, 0.25) is 0 Å². The number of nitrogens with zero attached hydrogens (tertiary/aromatic N) is 3. The van der Waals surface area contributed by atoms with Crippen LogP contribution >= 0.6 is 0 Å². The fraction of sp³-hybridized carbons (Fsp3) is 0.364. The van der Waals surface area contributed by atoms with E-state index in [0.29, 0.717) is 12.3 Å². The van der Waals surface area contributed by atoms with Crippen LogP contribution in [0.1, 0.15) is 34.9 Å². The van der Waals surface area contributed by atoms with Gasteiger partial charge in [0.25, 0.3) is 5.91 Å². The smallest absolute Gasteiger partial charge is 0.290 e. The van der Waals surface area contributed by atoms with Crippen LogP contribution in [0.4, 0.5) is 0 Å². The van der Waals surface area contributed by atoms with Crippen molar-refractivity contribution in [2.24, 2.45) is 0 Å². The molecule has 0 N–H and O–H groups in total. The molecule has 6 heteroatoms. The minimum absolute atomic E-state index is 0.0756. The van der Waals surface area contributed by atoms with Crippen molar-refractivity contribution in [1.29, 1.82) is 0 Å². The maximum Gasteiger partial charge on any atom is 0.290 e. The lowest BCUT2D eigenvalue weighted by atomic mass is 10.0. The summed E-state index contributed by atoms with van der Waals surface area (Å²) in [6.45, 7) is 3.40. The molecule has 0 bridgehead atoms. The van der Waals surface area contributed by atoms with Gasteiger partial charge in [0.15, 0.2) is 5.76 Å². The molecule has 0 saturated carbocycles. The van der Waals surface area contributed by atoms with Gasteiger partial charge in [-0.15, -0.1) is 0 Å². The predicted octanol–water partition coefficient (Wildman–Crippen LogP) is 3.62. The molecule has 4 heterocycles. The van der Waals surface area contributed by atoms with Gasteiger partial charge >= 0.3 is 0 Å². The van der Waals surface area contributed by atoms with Crippen LogP contribution in [0.3, 0.4) is 0 Å². The number of hydrogen-bond acceptors (Lipinski definition) is 5. The molecule has 146 valence electrons. The molecule has 1 fully saturated rings. The zero-order valence-electron chi connectivity index (χ0n) is 15.9. The first-order valence-corrected chi connectivity index (χ1v) is 9.79. The molecule has 6 nitrogen and oxygen atoms in total. The van der Waals surface area contributed by atoms with E-state index in [2.05, 4.69) is 16.0 Å². The van der Waals surface area contributed by atoms with Crippen LogP contribution in [-0.4, -0.2) is 46.4 Å². The van der Waals surface area contributed by atoms with Crippen LogP contribution in [-0.2, 0) is 13.0 Å². The molecule has 0 atom stereocenters. The Kier molecular flexibility index (Phi) is 5.87. The third-order valence-corrected chi connectivity index (χ3v) is 5.31. The van der Waals surface area contributed by atoms with Gasteiger partial charge in [0.05, 0.1) is 19.1 Å². The molecular formula is C22H25N3O3. The lowest BCUT2D eigenvalue weighted by Crippen LogP contribution is -2.47. The van der Waals surface area contributed by atoms with E-state index in [9.17, 15) is 4.79 Å². The van der Waals surface area contributed by atoms with Crippen molar-refractivity contribution >= 4 is 5.91 Å². The fourth-order valence-electron chi connectivity index (χ4n) is 3.75. The minimum Gasteiger partial charge on any atom is -0.467 e. The number of piperidine rings is 1. The van der Waals surface area contributed by atoms with Crippen LogP contribution in [0.5, 0.6) is 0 Å². The first-order valence-electron chi connectivity index (χ1n) is 9.79. The summed E-state index contributed by atoms with van der Waals surface area (Å²) in [6.07, 6.45) is 7.86. The zero-order chi connectivity index (χ0) is 19.2. The van der Waals surface area contributed by atoms with Gasteiger partial charge in [-0.25, -0.2) is 0 Å². The first kappa shape index (κ1) is 18.5. The molecule has 1 aliphatic rings. The van der Waals surface area contributed by atoms with E-state index >= 15 is 0 Å². The number of carbonyl (C=O) groups excluding carboxylic acids is 1. The summed E-state index contributed by atoms with van der Waals surface area (Å²) in [7, 11) is 0. The third kappa shape index (κ3) is 4.51. The topological polar surface area (TPSA) is 62.7 Å². The van der Waals surface area contributed by atoms with Crippen LogP contribution in [0, 0.1) is 0 Å². The number of likely N-dealkylation sites (tertiary alicyclic amines) is 1. The van der Waals surface area contributed by atoms with Gasteiger partial charge in [-0.1, -0.05) is 6.07 Å². The van der Waals surface area contributed by atoms with Crippen LogP contribution < -0.4 is 0 Å². The average Bonchev–Trinajstić information content (AvgIpc) is 3.45. The molecule has 0 aliphatic carbocycles. The second-order valence-corrected chi connectivity index (χ2v) is 7.13.